The summed E-state index contributed by atoms with van der Waals surface area (Å²) in [6, 6.07) is 1.36. The monoisotopic (exact) mass is 295 g/mol. The van der Waals surface area contributed by atoms with Crippen LogP contribution in [0.15, 0.2) is 22.2 Å². The summed E-state index contributed by atoms with van der Waals surface area (Å²) in [5.41, 5.74) is -0.197. The summed E-state index contributed by atoms with van der Waals surface area (Å²) in [5, 5.41) is 3.23. The lowest BCUT2D eigenvalue weighted by atomic mass is 9.89. The highest BCUT2D eigenvalue weighted by Crippen LogP contribution is 2.23. The molecule has 1 heterocycles. The van der Waals surface area contributed by atoms with Crippen LogP contribution in [0.25, 0.3) is 0 Å². The van der Waals surface area contributed by atoms with Gasteiger partial charge in [0, 0.05) is 18.8 Å². The Hall–Kier alpha value is -1.30. The summed E-state index contributed by atoms with van der Waals surface area (Å²) in [7, 11) is 0. The predicted molar refractivity (Wildman–Crippen MR) is 79.8 cm³/mol. The van der Waals surface area contributed by atoms with Crippen molar-refractivity contribution in [2.24, 2.45) is 5.92 Å². The molecule has 1 aromatic rings. The fourth-order valence-corrected chi connectivity index (χ4v) is 3.22. The molecule has 0 aromatic carbocycles. The Morgan fingerprint density at radius 1 is 1.50 bits per heavy atom. The quantitative estimate of drug-likeness (QED) is 0.643. The maximum Gasteiger partial charge on any atom is 0.251 e. The molecule has 0 unspecified atom stereocenters. The van der Waals surface area contributed by atoms with Crippen LogP contribution in [-0.4, -0.2) is 27.7 Å². The van der Waals surface area contributed by atoms with E-state index in [1.807, 2.05) is 6.92 Å². The van der Waals surface area contributed by atoms with Crippen LogP contribution in [-0.2, 0) is 4.79 Å². The Morgan fingerprint density at radius 3 is 2.95 bits per heavy atom. The number of aromatic amines is 1. The van der Waals surface area contributed by atoms with E-state index < -0.39 is 0 Å². The number of amides is 1. The predicted octanol–water partition coefficient (Wildman–Crippen LogP) is 1.95. The molecule has 6 heteroatoms. The van der Waals surface area contributed by atoms with Gasteiger partial charge in [0.15, 0.2) is 5.16 Å². The van der Waals surface area contributed by atoms with Gasteiger partial charge in [-0.25, -0.2) is 4.98 Å². The SMILES string of the molecule is C[C@H](Sc1nccc(=O)[nH]1)C(=O)NCC1CCCCC1. The number of nitrogens with zero attached hydrogens (tertiary/aromatic N) is 1. The van der Waals surface area contributed by atoms with E-state index in [-0.39, 0.29) is 16.7 Å². The van der Waals surface area contributed by atoms with Crippen molar-refractivity contribution in [2.45, 2.75) is 49.4 Å². The first-order valence-corrected chi connectivity index (χ1v) is 8.03. The van der Waals surface area contributed by atoms with E-state index in [9.17, 15) is 9.59 Å². The average molecular weight is 295 g/mol. The van der Waals surface area contributed by atoms with Crippen molar-refractivity contribution in [1.29, 1.82) is 0 Å². The standard InChI is InChI=1S/C14H21N3O2S/c1-10(20-14-15-8-7-12(18)17-14)13(19)16-9-11-5-3-2-4-6-11/h7-8,10-11H,2-6,9H2,1H3,(H,16,19)(H,15,17,18)/t10-/m0/s1. The smallest absolute Gasteiger partial charge is 0.251 e. The van der Waals surface area contributed by atoms with Gasteiger partial charge in [-0.1, -0.05) is 31.0 Å². The van der Waals surface area contributed by atoms with Crippen molar-refractivity contribution in [2.75, 3.05) is 6.54 Å². The van der Waals surface area contributed by atoms with Crippen LogP contribution in [0.3, 0.4) is 0 Å². The molecular weight excluding hydrogens is 274 g/mol. The normalized spacial score (nSPS) is 17.6. The summed E-state index contributed by atoms with van der Waals surface area (Å²) in [6.45, 7) is 2.59. The molecule has 1 aliphatic rings. The number of nitrogens with one attached hydrogen (secondary N) is 2. The molecule has 2 N–H and O–H groups in total. The van der Waals surface area contributed by atoms with Gasteiger partial charge >= 0.3 is 0 Å². The fourth-order valence-electron chi connectivity index (χ4n) is 2.41. The third-order valence-electron chi connectivity index (χ3n) is 3.60. The van der Waals surface area contributed by atoms with Crippen molar-refractivity contribution in [3.63, 3.8) is 0 Å². The first-order valence-electron chi connectivity index (χ1n) is 7.15. The Balaban J connectivity index is 1.78. The molecule has 1 aromatic heterocycles. The Kier molecular flexibility index (Phi) is 5.64. The maximum atomic E-state index is 12.0. The van der Waals surface area contributed by atoms with Crippen LogP contribution in [0.2, 0.25) is 0 Å². The van der Waals surface area contributed by atoms with Crippen molar-refractivity contribution < 1.29 is 4.79 Å². The molecule has 1 fully saturated rings. The Bertz CT molecular complexity index is 497. The first kappa shape index (κ1) is 15.1. The molecule has 0 aliphatic heterocycles. The van der Waals surface area contributed by atoms with Gasteiger partial charge in [-0.15, -0.1) is 0 Å². The lowest BCUT2D eigenvalue weighted by Gasteiger charge is -2.22. The van der Waals surface area contributed by atoms with Crippen LogP contribution in [0, 0.1) is 5.92 Å². The van der Waals surface area contributed by atoms with Gasteiger partial charge in [0.25, 0.3) is 5.56 Å². The molecule has 1 saturated carbocycles. The summed E-state index contributed by atoms with van der Waals surface area (Å²) >= 11 is 1.27. The minimum Gasteiger partial charge on any atom is -0.355 e. The van der Waals surface area contributed by atoms with Gasteiger partial charge in [-0.2, -0.15) is 0 Å². The summed E-state index contributed by atoms with van der Waals surface area (Å²) in [6.07, 6.45) is 7.77. The van der Waals surface area contributed by atoms with Gasteiger partial charge in [-0.05, 0) is 25.7 Å². The van der Waals surface area contributed by atoms with Crippen LogP contribution in [0.1, 0.15) is 39.0 Å². The molecule has 20 heavy (non-hydrogen) atoms. The van der Waals surface area contributed by atoms with Crippen molar-refractivity contribution in [3.8, 4) is 0 Å². The molecule has 1 aliphatic carbocycles. The lowest BCUT2D eigenvalue weighted by Crippen LogP contribution is -2.35. The van der Waals surface area contributed by atoms with Gasteiger partial charge in [0.1, 0.15) is 0 Å². The fraction of sp³-hybridized carbons (Fsp3) is 0.643. The number of H-pyrrole nitrogens is 1. The number of carbonyl (C=O) groups is 1. The minimum atomic E-state index is -0.260. The third-order valence-corrected chi connectivity index (χ3v) is 4.59. The molecule has 0 saturated heterocycles. The van der Waals surface area contributed by atoms with E-state index in [0.717, 1.165) is 6.54 Å². The molecule has 2 rings (SSSR count). The van der Waals surface area contributed by atoms with E-state index in [1.165, 1.54) is 56.1 Å². The van der Waals surface area contributed by atoms with Gasteiger partial charge in [0.05, 0.1) is 5.25 Å². The maximum absolute atomic E-state index is 12.0. The van der Waals surface area contributed by atoms with Crippen LogP contribution < -0.4 is 10.9 Å². The highest BCUT2D eigenvalue weighted by Gasteiger charge is 2.18. The number of aromatic nitrogens is 2. The largest absolute Gasteiger partial charge is 0.355 e. The summed E-state index contributed by atoms with van der Waals surface area (Å²) in [4.78, 5) is 29.8. The summed E-state index contributed by atoms with van der Waals surface area (Å²) in [5.74, 6) is 0.631. The average Bonchev–Trinajstić information content (AvgIpc) is 2.46. The van der Waals surface area contributed by atoms with E-state index in [4.69, 9.17) is 0 Å². The second-order valence-electron chi connectivity index (χ2n) is 5.25. The Labute approximate surface area is 123 Å². The number of rotatable bonds is 5. The number of carbonyl (C=O) groups excluding carboxylic acids is 1. The lowest BCUT2D eigenvalue weighted by molar-refractivity contribution is -0.120. The van der Waals surface area contributed by atoms with Crippen molar-refractivity contribution >= 4 is 17.7 Å². The van der Waals surface area contributed by atoms with E-state index in [1.54, 1.807) is 0 Å². The zero-order valence-electron chi connectivity index (χ0n) is 11.7. The zero-order valence-corrected chi connectivity index (χ0v) is 12.5. The first-order chi connectivity index (χ1) is 9.65. The number of hydrogen-bond donors (Lipinski definition) is 2. The molecular formula is C14H21N3O2S. The second kappa shape index (κ2) is 7.47. The summed E-state index contributed by atoms with van der Waals surface area (Å²) < 4.78 is 0. The highest BCUT2D eigenvalue weighted by atomic mass is 32.2. The second-order valence-corrected chi connectivity index (χ2v) is 6.58. The molecule has 0 bridgehead atoms. The number of hydrogen-bond acceptors (Lipinski definition) is 4. The van der Waals surface area contributed by atoms with Crippen molar-refractivity contribution in [3.05, 3.63) is 22.6 Å². The number of thioether (sulfide) groups is 1. The minimum absolute atomic E-state index is 0.00655. The highest BCUT2D eigenvalue weighted by molar-refractivity contribution is 8.00. The third kappa shape index (κ3) is 4.67. The van der Waals surface area contributed by atoms with Gasteiger partial charge in [0.2, 0.25) is 5.91 Å². The molecule has 1 amide bonds. The van der Waals surface area contributed by atoms with E-state index in [2.05, 4.69) is 15.3 Å². The molecule has 0 spiro atoms. The molecule has 110 valence electrons. The molecule has 1 atom stereocenters. The zero-order chi connectivity index (χ0) is 14.4. The van der Waals surface area contributed by atoms with Crippen LogP contribution >= 0.6 is 11.8 Å². The van der Waals surface area contributed by atoms with Gasteiger partial charge < -0.3 is 10.3 Å². The van der Waals surface area contributed by atoms with E-state index in [0.29, 0.717) is 11.1 Å². The molecule has 0 radical (unpaired) electrons. The molecule has 5 nitrogen and oxygen atoms in total. The van der Waals surface area contributed by atoms with Crippen LogP contribution in [0.4, 0.5) is 0 Å². The topological polar surface area (TPSA) is 74.8 Å². The Morgan fingerprint density at radius 2 is 2.25 bits per heavy atom. The van der Waals surface area contributed by atoms with E-state index >= 15 is 0 Å². The van der Waals surface area contributed by atoms with Crippen molar-refractivity contribution in [1.82, 2.24) is 15.3 Å². The van der Waals surface area contributed by atoms with Gasteiger partial charge in [-0.3, -0.25) is 9.59 Å². The van der Waals surface area contributed by atoms with Crippen LogP contribution in [0.5, 0.6) is 0 Å².